The summed E-state index contributed by atoms with van der Waals surface area (Å²) in [6, 6.07) is 6.09. The number of nitrogens with one attached hydrogen (secondary N) is 1. The molecule has 0 saturated heterocycles. The van der Waals surface area contributed by atoms with Crippen molar-refractivity contribution in [2.24, 2.45) is 0 Å². The smallest absolute Gasteiger partial charge is 0.307 e. The third-order valence-electron chi connectivity index (χ3n) is 2.79. The van der Waals surface area contributed by atoms with Gasteiger partial charge in [-0.1, -0.05) is 24.6 Å². The molecular weight excluding hydrogens is 266 g/mol. The molecule has 0 radical (unpaired) electrons. The maximum absolute atomic E-state index is 12.1. The monoisotopic (exact) mass is 285 g/mol. The second-order valence-electron chi connectivity index (χ2n) is 4.32. The van der Waals surface area contributed by atoms with E-state index in [0.717, 1.165) is 5.56 Å². The van der Waals surface area contributed by atoms with Crippen LogP contribution in [0.1, 0.15) is 25.3 Å². The van der Waals surface area contributed by atoms with Gasteiger partial charge in [0.05, 0.1) is 18.4 Å². The van der Waals surface area contributed by atoms with Crippen LogP contribution in [0.5, 0.6) is 0 Å². The fraction of sp³-hybridized carbons (Fsp3) is 0.462. The molecule has 1 aromatic rings. The SMILES string of the molecule is CCC(CC(=O)OC)NS(=O)(=O)c1ccc(C)cc1. The topological polar surface area (TPSA) is 72.5 Å². The van der Waals surface area contributed by atoms with Gasteiger partial charge in [-0.2, -0.15) is 0 Å². The van der Waals surface area contributed by atoms with E-state index in [2.05, 4.69) is 9.46 Å². The van der Waals surface area contributed by atoms with Crippen LogP contribution in [0, 0.1) is 6.92 Å². The Morgan fingerprint density at radius 1 is 1.32 bits per heavy atom. The molecule has 1 unspecified atom stereocenters. The highest BCUT2D eigenvalue weighted by molar-refractivity contribution is 7.89. The van der Waals surface area contributed by atoms with E-state index in [1.807, 2.05) is 13.8 Å². The molecule has 0 aliphatic carbocycles. The lowest BCUT2D eigenvalue weighted by atomic mass is 10.2. The number of rotatable bonds is 6. The Hall–Kier alpha value is -1.40. The normalized spacial score (nSPS) is 13.0. The molecule has 0 aliphatic heterocycles. The van der Waals surface area contributed by atoms with Crippen LogP contribution in [0.15, 0.2) is 29.2 Å². The van der Waals surface area contributed by atoms with Crippen molar-refractivity contribution in [2.75, 3.05) is 7.11 Å². The number of aryl methyl sites for hydroxylation is 1. The van der Waals surface area contributed by atoms with Gasteiger partial charge in [-0.05, 0) is 25.5 Å². The molecule has 0 fully saturated rings. The predicted molar refractivity (Wildman–Crippen MR) is 72.2 cm³/mol. The molecule has 0 spiro atoms. The average Bonchev–Trinajstić information content (AvgIpc) is 2.38. The van der Waals surface area contributed by atoms with Crippen molar-refractivity contribution in [2.45, 2.75) is 37.6 Å². The molecule has 0 aromatic heterocycles. The van der Waals surface area contributed by atoms with Gasteiger partial charge in [0.2, 0.25) is 10.0 Å². The molecule has 0 saturated carbocycles. The summed E-state index contributed by atoms with van der Waals surface area (Å²) >= 11 is 0. The quantitative estimate of drug-likeness (QED) is 0.806. The number of hydrogen-bond donors (Lipinski definition) is 1. The lowest BCUT2D eigenvalue weighted by Gasteiger charge is -2.16. The first kappa shape index (κ1) is 15.7. The highest BCUT2D eigenvalue weighted by Crippen LogP contribution is 2.12. The largest absolute Gasteiger partial charge is 0.469 e. The summed E-state index contributed by atoms with van der Waals surface area (Å²) in [6.45, 7) is 3.70. The average molecular weight is 285 g/mol. The van der Waals surface area contributed by atoms with Gasteiger partial charge in [0.25, 0.3) is 0 Å². The van der Waals surface area contributed by atoms with Crippen LogP contribution in [0.25, 0.3) is 0 Å². The molecule has 0 aliphatic rings. The number of hydrogen-bond acceptors (Lipinski definition) is 4. The van der Waals surface area contributed by atoms with E-state index in [1.165, 1.54) is 7.11 Å². The minimum absolute atomic E-state index is 0.0259. The van der Waals surface area contributed by atoms with Crippen molar-refractivity contribution >= 4 is 16.0 Å². The zero-order chi connectivity index (χ0) is 14.5. The van der Waals surface area contributed by atoms with Gasteiger partial charge in [-0.3, -0.25) is 4.79 Å². The minimum atomic E-state index is -3.60. The predicted octanol–water partition coefficient (Wildman–Crippen LogP) is 1.62. The number of sulfonamides is 1. The van der Waals surface area contributed by atoms with Crippen molar-refractivity contribution < 1.29 is 17.9 Å². The van der Waals surface area contributed by atoms with Crippen LogP contribution in [0.2, 0.25) is 0 Å². The Morgan fingerprint density at radius 2 is 1.89 bits per heavy atom. The van der Waals surface area contributed by atoms with Crippen molar-refractivity contribution in [3.05, 3.63) is 29.8 Å². The molecule has 0 bridgehead atoms. The van der Waals surface area contributed by atoms with Crippen LogP contribution in [-0.4, -0.2) is 27.5 Å². The molecule has 5 nitrogen and oxygen atoms in total. The number of ether oxygens (including phenoxy) is 1. The summed E-state index contributed by atoms with van der Waals surface area (Å²) in [5.41, 5.74) is 0.987. The van der Waals surface area contributed by atoms with Crippen LogP contribution in [0.4, 0.5) is 0 Å². The van der Waals surface area contributed by atoms with Crippen LogP contribution < -0.4 is 4.72 Å². The summed E-state index contributed by atoms with van der Waals surface area (Å²) < 4.78 is 31.3. The lowest BCUT2D eigenvalue weighted by Crippen LogP contribution is -2.36. The van der Waals surface area contributed by atoms with E-state index in [9.17, 15) is 13.2 Å². The third kappa shape index (κ3) is 4.65. The molecule has 1 atom stereocenters. The van der Waals surface area contributed by atoms with Gasteiger partial charge in [-0.25, -0.2) is 13.1 Å². The highest BCUT2D eigenvalue weighted by Gasteiger charge is 2.21. The van der Waals surface area contributed by atoms with E-state index in [4.69, 9.17) is 0 Å². The number of esters is 1. The fourth-order valence-electron chi connectivity index (χ4n) is 1.56. The van der Waals surface area contributed by atoms with Gasteiger partial charge in [0.15, 0.2) is 0 Å². The summed E-state index contributed by atoms with van der Waals surface area (Å²) in [7, 11) is -2.32. The van der Waals surface area contributed by atoms with Crippen LogP contribution >= 0.6 is 0 Å². The molecule has 0 heterocycles. The number of carbonyl (C=O) groups excluding carboxylic acids is 1. The fourth-order valence-corrected chi connectivity index (χ4v) is 2.88. The van der Waals surface area contributed by atoms with Gasteiger partial charge in [-0.15, -0.1) is 0 Å². The Morgan fingerprint density at radius 3 is 2.37 bits per heavy atom. The Kier molecular flexibility index (Phi) is 5.50. The maximum Gasteiger partial charge on any atom is 0.307 e. The zero-order valence-electron chi connectivity index (χ0n) is 11.3. The molecule has 19 heavy (non-hydrogen) atoms. The van der Waals surface area contributed by atoms with E-state index >= 15 is 0 Å². The van der Waals surface area contributed by atoms with Crippen LogP contribution in [-0.2, 0) is 19.6 Å². The second-order valence-corrected chi connectivity index (χ2v) is 6.03. The van der Waals surface area contributed by atoms with Crippen LogP contribution in [0.3, 0.4) is 0 Å². The van der Waals surface area contributed by atoms with Crippen molar-refractivity contribution in [1.82, 2.24) is 4.72 Å². The number of methoxy groups -OCH3 is 1. The second kappa shape index (κ2) is 6.68. The molecule has 1 rings (SSSR count). The summed E-state index contributed by atoms with van der Waals surface area (Å²) in [4.78, 5) is 11.4. The Labute approximate surface area is 114 Å². The van der Waals surface area contributed by atoms with Gasteiger partial charge in [0, 0.05) is 6.04 Å². The minimum Gasteiger partial charge on any atom is -0.469 e. The van der Waals surface area contributed by atoms with Crippen molar-refractivity contribution in [3.63, 3.8) is 0 Å². The van der Waals surface area contributed by atoms with Gasteiger partial charge < -0.3 is 4.74 Å². The molecule has 6 heteroatoms. The molecule has 1 aromatic carbocycles. The molecule has 106 valence electrons. The standard InChI is InChI=1S/C13H19NO4S/c1-4-11(9-13(15)18-3)14-19(16,17)12-7-5-10(2)6-8-12/h5-8,11,14H,4,9H2,1-3H3. The first-order valence-corrected chi connectivity index (χ1v) is 7.53. The summed E-state index contributed by atoms with van der Waals surface area (Å²) in [5.74, 6) is -0.432. The van der Waals surface area contributed by atoms with E-state index in [1.54, 1.807) is 24.3 Å². The van der Waals surface area contributed by atoms with E-state index in [0.29, 0.717) is 6.42 Å². The summed E-state index contributed by atoms with van der Waals surface area (Å²) in [6.07, 6.45) is 0.540. The Bertz CT molecular complexity index is 522. The van der Waals surface area contributed by atoms with E-state index < -0.39 is 22.0 Å². The molecule has 0 amide bonds. The first-order chi connectivity index (χ1) is 8.89. The third-order valence-corrected chi connectivity index (χ3v) is 4.32. The van der Waals surface area contributed by atoms with Gasteiger partial charge >= 0.3 is 5.97 Å². The summed E-state index contributed by atoms with van der Waals surface area (Å²) in [5, 5.41) is 0. The lowest BCUT2D eigenvalue weighted by molar-refractivity contribution is -0.141. The Balaban J connectivity index is 2.83. The van der Waals surface area contributed by atoms with Crippen molar-refractivity contribution in [3.8, 4) is 0 Å². The van der Waals surface area contributed by atoms with E-state index in [-0.39, 0.29) is 11.3 Å². The first-order valence-electron chi connectivity index (χ1n) is 6.05. The maximum atomic E-state index is 12.1. The zero-order valence-corrected chi connectivity index (χ0v) is 12.2. The molecular formula is C13H19NO4S. The van der Waals surface area contributed by atoms with Crippen molar-refractivity contribution in [1.29, 1.82) is 0 Å². The van der Waals surface area contributed by atoms with Gasteiger partial charge in [0.1, 0.15) is 0 Å². The molecule has 1 N–H and O–H groups in total. The number of carbonyl (C=O) groups is 1. The highest BCUT2D eigenvalue weighted by atomic mass is 32.2. The number of benzene rings is 1.